The molecule has 0 spiro atoms. The fourth-order valence-electron chi connectivity index (χ4n) is 3.43. The highest BCUT2D eigenvalue weighted by atomic mass is 32.2. The Labute approximate surface area is 168 Å². The summed E-state index contributed by atoms with van der Waals surface area (Å²) in [5.41, 5.74) is 1.68. The molecular weight excluding hydrogens is 374 g/mol. The third-order valence-electron chi connectivity index (χ3n) is 4.75. The van der Waals surface area contributed by atoms with Crippen LogP contribution in [-0.4, -0.2) is 49.6 Å². The summed E-state index contributed by atoms with van der Waals surface area (Å²) < 4.78 is 26.1. The van der Waals surface area contributed by atoms with E-state index in [9.17, 15) is 13.2 Å². The van der Waals surface area contributed by atoms with Crippen molar-refractivity contribution in [1.82, 2.24) is 14.6 Å². The zero-order valence-corrected chi connectivity index (χ0v) is 17.7. The van der Waals surface area contributed by atoms with Crippen molar-refractivity contribution in [3.8, 4) is 0 Å². The lowest BCUT2D eigenvalue weighted by Gasteiger charge is -2.34. The van der Waals surface area contributed by atoms with Gasteiger partial charge in [-0.1, -0.05) is 36.4 Å². The lowest BCUT2D eigenvalue weighted by atomic mass is 9.80. The Morgan fingerprint density at radius 2 is 1.75 bits per heavy atom. The van der Waals surface area contributed by atoms with Gasteiger partial charge in [0.25, 0.3) is 0 Å². The number of benzene rings is 1. The second-order valence-electron chi connectivity index (χ2n) is 7.12. The molecule has 1 aromatic carbocycles. The molecule has 2 atom stereocenters. The average molecular weight is 404 g/mol. The molecule has 0 radical (unpaired) electrons. The number of likely N-dealkylation sites (N-methyl/N-ethyl adjacent to an activating group) is 1. The van der Waals surface area contributed by atoms with E-state index in [1.54, 1.807) is 18.5 Å². The lowest BCUT2D eigenvalue weighted by Crippen LogP contribution is -2.43. The van der Waals surface area contributed by atoms with Gasteiger partial charge >= 0.3 is 0 Å². The molecule has 0 saturated carbocycles. The number of carbonyl (C=O) groups is 1. The van der Waals surface area contributed by atoms with Crippen LogP contribution >= 0.6 is 0 Å². The summed E-state index contributed by atoms with van der Waals surface area (Å²) in [7, 11) is -3.40. The van der Waals surface area contributed by atoms with E-state index in [0.29, 0.717) is 6.54 Å². The molecule has 0 bridgehead atoms. The van der Waals surface area contributed by atoms with Gasteiger partial charge in [0.15, 0.2) is 0 Å². The monoisotopic (exact) mass is 403 g/mol. The van der Waals surface area contributed by atoms with E-state index in [2.05, 4.69) is 9.71 Å². The van der Waals surface area contributed by atoms with E-state index in [1.807, 2.05) is 62.1 Å². The first-order valence-electron chi connectivity index (χ1n) is 9.44. The standard InChI is InChI=1S/C21H29N3O3S/c1-5-24(16(2)3)21(25)20(18-12-9-13-22-14-18)19(15-23-28(4,26)27)17-10-7-6-8-11-17/h6-14,16,19-20,23H,5,15H2,1-4H3. The van der Waals surface area contributed by atoms with E-state index < -0.39 is 15.9 Å². The van der Waals surface area contributed by atoms with Crippen molar-refractivity contribution in [2.24, 2.45) is 0 Å². The molecule has 0 aliphatic rings. The van der Waals surface area contributed by atoms with Crippen molar-refractivity contribution in [2.75, 3.05) is 19.3 Å². The van der Waals surface area contributed by atoms with Crippen molar-refractivity contribution >= 4 is 15.9 Å². The Morgan fingerprint density at radius 3 is 2.25 bits per heavy atom. The highest BCUT2D eigenvalue weighted by molar-refractivity contribution is 7.88. The van der Waals surface area contributed by atoms with Crippen LogP contribution in [0.4, 0.5) is 0 Å². The Morgan fingerprint density at radius 1 is 1.11 bits per heavy atom. The van der Waals surface area contributed by atoms with E-state index in [4.69, 9.17) is 0 Å². The summed E-state index contributed by atoms with van der Waals surface area (Å²) >= 11 is 0. The predicted octanol–water partition coefficient (Wildman–Crippen LogP) is 2.76. The molecule has 6 nitrogen and oxygen atoms in total. The van der Waals surface area contributed by atoms with Gasteiger partial charge in [0.2, 0.25) is 15.9 Å². The summed E-state index contributed by atoms with van der Waals surface area (Å²) in [6, 6.07) is 13.3. The largest absolute Gasteiger partial charge is 0.340 e. The molecule has 1 N–H and O–H groups in total. The normalized spacial score (nSPS) is 13.9. The fourth-order valence-corrected chi connectivity index (χ4v) is 3.91. The van der Waals surface area contributed by atoms with Crippen molar-refractivity contribution < 1.29 is 13.2 Å². The number of amides is 1. The van der Waals surface area contributed by atoms with Gasteiger partial charge in [-0.05, 0) is 38.0 Å². The first-order chi connectivity index (χ1) is 13.2. The number of pyridine rings is 1. The van der Waals surface area contributed by atoms with Crippen molar-refractivity contribution in [3.05, 3.63) is 66.0 Å². The molecule has 7 heteroatoms. The average Bonchev–Trinajstić information content (AvgIpc) is 2.65. The Balaban J connectivity index is 2.56. The third kappa shape index (κ3) is 5.87. The summed E-state index contributed by atoms with van der Waals surface area (Å²) in [5, 5.41) is 0. The van der Waals surface area contributed by atoms with Crippen LogP contribution in [0.15, 0.2) is 54.9 Å². The highest BCUT2D eigenvalue weighted by Gasteiger charge is 2.35. The van der Waals surface area contributed by atoms with Gasteiger partial charge in [-0.2, -0.15) is 0 Å². The molecule has 1 aromatic heterocycles. The maximum atomic E-state index is 13.6. The van der Waals surface area contributed by atoms with Gasteiger partial charge in [0.05, 0.1) is 12.2 Å². The predicted molar refractivity (Wildman–Crippen MR) is 112 cm³/mol. The molecule has 0 saturated heterocycles. The zero-order valence-electron chi connectivity index (χ0n) is 16.9. The molecular formula is C21H29N3O3S. The maximum Gasteiger partial charge on any atom is 0.231 e. The first-order valence-corrected chi connectivity index (χ1v) is 11.3. The topological polar surface area (TPSA) is 79.4 Å². The molecule has 2 unspecified atom stereocenters. The summed E-state index contributed by atoms with van der Waals surface area (Å²) in [4.78, 5) is 19.6. The highest BCUT2D eigenvalue weighted by Crippen LogP contribution is 2.34. The third-order valence-corrected chi connectivity index (χ3v) is 5.44. The van der Waals surface area contributed by atoms with Gasteiger partial charge in [-0.3, -0.25) is 9.78 Å². The van der Waals surface area contributed by atoms with Gasteiger partial charge in [0, 0.05) is 37.4 Å². The summed E-state index contributed by atoms with van der Waals surface area (Å²) in [6.45, 7) is 6.62. The molecule has 0 aliphatic heterocycles. The minimum absolute atomic E-state index is 0.0327. The molecule has 152 valence electrons. The number of sulfonamides is 1. The Bertz CT molecular complexity index is 855. The van der Waals surface area contributed by atoms with Gasteiger partial charge in [-0.15, -0.1) is 0 Å². The summed E-state index contributed by atoms with van der Waals surface area (Å²) in [5.74, 6) is -0.942. The van der Waals surface area contributed by atoms with Crippen molar-refractivity contribution in [1.29, 1.82) is 0 Å². The molecule has 0 aliphatic carbocycles. The van der Waals surface area contributed by atoms with Crippen LogP contribution in [0.25, 0.3) is 0 Å². The number of carbonyl (C=O) groups excluding carboxylic acids is 1. The molecule has 28 heavy (non-hydrogen) atoms. The number of nitrogens with one attached hydrogen (secondary N) is 1. The first kappa shape index (κ1) is 22.0. The van der Waals surface area contributed by atoms with Gasteiger partial charge < -0.3 is 4.90 Å². The quantitative estimate of drug-likeness (QED) is 0.698. The van der Waals surface area contributed by atoms with E-state index >= 15 is 0 Å². The Hall–Kier alpha value is -2.25. The number of rotatable bonds is 9. The van der Waals surface area contributed by atoms with E-state index in [0.717, 1.165) is 17.4 Å². The van der Waals surface area contributed by atoms with Crippen LogP contribution in [0.2, 0.25) is 0 Å². The second kappa shape index (κ2) is 9.80. The van der Waals surface area contributed by atoms with Crippen molar-refractivity contribution in [3.63, 3.8) is 0 Å². The molecule has 1 heterocycles. The van der Waals surface area contributed by atoms with Gasteiger partial charge in [-0.25, -0.2) is 13.1 Å². The van der Waals surface area contributed by atoms with Crippen LogP contribution in [0.1, 0.15) is 43.7 Å². The smallest absolute Gasteiger partial charge is 0.231 e. The number of aromatic nitrogens is 1. The van der Waals surface area contributed by atoms with Crippen LogP contribution in [-0.2, 0) is 14.8 Å². The second-order valence-corrected chi connectivity index (χ2v) is 8.95. The van der Waals surface area contributed by atoms with E-state index in [-0.39, 0.29) is 24.4 Å². The SMILES string of the molecule is CCN(C(=O)C(c1cccnc1)C(CNS(C)(=O)=O)c1ccccc1)C(C)C. The fraction of sp³-hybridized carbons (Fsp3) is 0.429. The molecule has 2 rings (SSSR count). The number of hydrogen-bond donors (Lipinski definition) is 1. The maximum absolute atomic E-state index is 13.6. The summed E-state index contributed by atoms with van der Waals surface area (Å²) in [6.07, 6.45) is 4.48. The van der Waals surface area contributed by atoms with Gasteiger partial charge in [0.1, 0.15) is 0 Å². The van der Waals surface area contributed by atoms with E-state index in [1.165, 1.54) is 0 Å². The number of hydrogen-bond acceptors (Lipinski definition) is 4. The molecule has 2 aromatic rings. The molecule has 1 amide bonds. The Kier molecular flexibility index (Phi) is 7.71. The zero-order chi connectivity index (χ0) is 20.7. The van der Waals surface area contributed by atoms with Crippen LogP contribution < -0.4 is 4.72 Å². The lowest BCUT2D eigenvalue weighted by molar-refractivity contribution is -0.134. The van der Waals surface area contributed by atoms with Crippen LogP contribution in [0.3, 0.4) is 0 Å². The van der Waals surface area contributed by atoms with Crippen molar-refractivity contribution in [2.45, 2.75) is 38.6 Å². The van der Waals surface area contributed by atoms with Crippen LogP contribution in [0, 0.1) is 0 Å². The van der Waals surface area contributed by atoms with Crippen LogP contribution in [0.5, 0.6) is 0 Å². The number of nitrogens with zero attached hydrogens (tertiary/aromatic N) is 2. The molecule has 0 fully saturated rings. The minimum atomic E-state index is -3.40. The minimum Gasteiger partial charge on any atom is -0.340 e.